The van der Waals surface area contributed by atoms with Crippen molar-refractivity contribution in [1.29, 1.82) is 0 Å². The van der Waals surface area contributed by atoms with Crippen LogP contribution in [0, 0.1) is 0 Å². The van der Waals surface area contributed by atoms with Crippen molar-refractivity contribution in [1.82, 2.24) is 15.2 Å². The van der Waals surface area contributed by atoms with Gasteiger partial charge in [0.2, 0.25) is 5.88 Å². The van der Waals surface area contributed by atoms with Gasteiger partial charge < -0.3 is 19.7 Å². The van der Waals surface area contributed by atoms with Crippen LogP contribution in [0.25, 0.3) is 0 Å². The second kappa shape index (κ2) is 9.20. The Labute approximate surface area is 154 Å². The number of nitrogens with zero attached hydrogens (tertiary/aromatic N) is 3. The van der Waals surface area contributed by atoms with Gasteiger partial charge >= 0.3 is 0 Å². The number of aliphatic imine (C=N–C) groups is 1. The zero-order valence-electron chi connectivity index (χ0n) is 15.4. The van der Waals surface area contributed by atoms with Gasteiger partial charge in [-0.2, -0.15) is 0 Å². The third-order valence-corrected chi connectivity index (χ3v) is 4.10. The summed E-state index contributed by atoms with van der Waals surface area (Å²) in [5.74, 6) is 1.48. The molecule has 1 fully saturated rings. The number of ether oxygens (including phenoxy) is 2. The van der Waals surface area contributed by atoms with Crippen LogP contribution in [0.1, 0.15) is 17.5 Å². The van der Waals surface area contributed by atoms with Gasteiger partial charge in [0.1, 0.15) is 6.10 Å². The van der Waals surface area contributed by atoms with Crippen LogP contribution in [-0.4, -0.2) is 49.3 Å². The van der Waals surface area contributed by atoms with Crippen LogP contribution >= 0.6 is 0 Å². The Morgan fingerprint density at radius 2 is 2.12 bits per heavy atom. The van der Waals surface area contributed by atoms with E-state index in [2.05, 4.69) is 22.4 Å². The number of hydrogen-bond acceptors (Lipinski definition) is 4. The first-order valence-corrected chi connectivity index (χ1v) is 8.89. The van der Waals surface area contributed by atoms with Gasteiger partial charge in [-0.05, 0) is 17.2 Å². The van der Waals surface area contributed by atoms with Gasteiger partial charge in [-0.25, -0.2) is 9.98 Å². The highest BCUT2D eigenvalue weighted by molar-refractivity contribution is 5.79. The Balaban J connectivity index is 1.59. The lowest BCUT2D eigenvalue weighted by atomic mass is 10.2. The lowest BCUT2D eigenvalue weighted by Gasteiger charge is -2.18. The highest BCUT2D eigenvalue weighted by atomic mass is 16.5. The van der Waals surface area contributed by atoms with Crippen molar-refractivity contribution < 1.29 is 9.47 Å². The van der Waals surface area contributed by atoms with Crippen LogP contribution in [0.4, 0.5) is 0 Å². The summed E-state index contributed by atoms with van der Waals surface area (Å²) in [6.45, 7) is 2.70. The summed E-state index contributed by atoms with van der Waals surface area (Å²) in [5, 5.41) is 3.39. The fraction of sp³-hybridized carbons (Fsp3) is 0.400. The second-order valence-corrected chi connectivity index (χ2v) is 6.48. The molecule has 0 spiro atoms. The van der Waals surface area contributed by atoms with Crippen molar-refractivity contribution in [3.05, 3.63) is 59.8 Å². The molecular formula is C20H26N4O2. The molecule has 0 saturated carbocycles. The number of aromatic nitrogens is 1. The Morgan fingerprint density at radius 3 is 2.85 bits per heavy atom. The minimum absolute atomic E-state index is 0.103. The molecule has 0 aliphatic carbocycles. The predicted octanol–water partition coefficient (Wildman–Crippen LogP) is 2.46. The summed E-state index contributed by atoms with van der Waals surface area (Å²) in [4.78, 5) is 11.0. The van der Waals surface area contributed by atoms with Crippen molar-refractivity contribution in [2.75, 3.05) is 27.3 Å². The van der Waals surface area contributed by atoms with E-state index in [-0.39, 0.29) is 6.10 Å². The quantitative estimate of drug-likeness (QED) is 0.638. The highest BCUT2D eigenvalue weighted by Crippen LogP contribution is 2.16. The summed E-state index contributed by atoms with van der Waals surface area (Å²) in [5.41, 5.74) is 2.29. The zero-order valence-corrected chi connectivity index (χ0v) is 15.4. The number of nitrogens with one attached hydrogen (secondary N) is 1. The van der Waals surface area contributed by atoms with E-state index >= 15 is 0 Å². The van der Waals surface area contributed by atoms with Crippen molar-refractivity contribution in [2.24, 2.45) is 4.99 Å². The first kappa shape index (κ1) is 18.2. The number of pyridine rings is 1. The largest absolute Gasteiger partial charge is 0.472 e. The average molecular weight is 354 g/mol. The van der Waals surface area contributed by atoms with Crippen molar-refractivity contribution in [3.8, 4) is 5.88 Å². The van der Waals surface area contributed by atoms with Gasteiger partial charge in [0, 0.05) is 39.3 Å². The molecule has 1 aliphatic rings. The van der Waals surface area contributed by atoms with Gasteiger partial charge in [-0.1, -0.05) is 30.3 Å². The molecule has 6 heteroatoms. The lowest BCUT2D eigenvalue weighted by Crippen LogP contribution is -2.36. The topological polar surface area (TPSA) is 59.0 Å². The minimum Gasteiger partial charge on any atom is -0.472 e. The average Bonchev–Trinajstić information content (AvgIpc) is 3.15. The SMILES string of the molecule is CN(C)C(=NCc1ccnc(OC2CCOC2)c1)NCc1ccccc1. The Kier molecular flexibility index (Phi) is 6.44. The molecule has 1 atom stereocenters. The molecule has 0 amide bonds. The van der Waals surface area contributed by atoms with E-state index in [1.54, 1.807) is 6.20 Å². The maximum absolute atomic E-state index is 5.86. The molecule has 2 aromatic rings. The predicted molar refractivity (Wildman–Crippen MR) is 102 cm³/mol. The number of benzene rings is 1. The molecule has 1 aromatic heterocycles. The van der Waals surface area contributed by atoms with Gasteiger partial charge in [0.25, 0.3) is 0 Å². The van der Waals surface area contributed by atoms with Crippen LogP contribution in [-0.2, 0) is 17.8 Å². The fourth-order valence-corrected chi connectivity index (χ4v) is 2.69. The van der Waals surface area contributed by atoms with Crippen LogP contribution in [0.15, 0.2) is 53.7 Å². The van der Waals surface area contributed by atoms with Crippen molar-refractivity contribution >= 4 is 5.96 Å². The number of guanidine groups is 1. The first-order valence-electron chi connectivity index (χ1n) is 8.89. The molecule has 1 aromatic carbocycles. The lowest BCUT2D eigenvalue weighted by molar-refractivity contribution is 0.138. The Hall–Kier alpha value is -2.60. The maximum atomic E-state index is 5.86. The third-order valence-electron chi connectivity index (χ3n) is 4.10. The Morgan fingerprint density at radius 1 is 1.27 bits per heavy atom. The molecule has 0 radical (unpaired) electrons. The maximum Gasteiger partial charge on any atom is 0.213 e. The van der Waals surface area contributed by atoms with Crippen LogP contribution < -0.4 is 10.1 Å². The molecule has 6 nitrogen and oxygen atoms in total. The molecular weight excluding hydrogens is 328 g/mol. The first-order chi connectivity index (χ1) is 12.7. The summed E-state index contributed by atoms with van der Waals surface area (Å²) in [6, 6.07) is 14.2. The van der Waals surface area contributed by atoms with Gasteiger partial charge in [-0.15, -0.1) is 0 Å². The van der Waals surface area contributed by atoms with E-state index in [0.29, 0.717) is 19.0 Å². The molecule has 1 aliphatic heterocycles. The van der Waals surface area contributed by atoms with E-state index < -0.39 is 0 Å². The smallest absolute Gasteiger partial charge is 0.213 e. The number of rotatable bonds is 6. The van der Waals surface area contributed by atoms with E-state index in [1.807, 2.05) is 49.3 Å². The van der Waals surface area contributed by atoms with E-state index in [4.69, 9.17) is 14.5 Å². The van der Waals surface area contributed by atoms with Gasteiger partial charge in [0.05, 0.1) is 19.8 Å². The normalized spacial score (nSPS) is 17.2. The zero-order chi connectivity index (χ0) is 18.2. The fourth-order valence-electron chi connectivity index (χ4n) is 2.69. The second-order valence-electron chi connectivity index (χ2n) is 6.48. The third kappa shape index (κ3) is 5.46. The molecule has 1 saturated heterocycles. The highest BCUT2D eigenvalue weighted by Gasteiger charge is 2.17. The minimum atomic E-state index is 0.103. The van der Waals surface area contributed by atoms with Gasteiger partial charge in [0.15, 0.2) is 5.96 Å². The monoisotopic (exact) mass is 354 g/mol. The van der Waals surface area contributed by atoms with E-state index in [0.717, 1.165) is 31.1 Å². The standard InChI is InChI=1S/C20H26N4O2/c1-24(2)20(22-13-16-6-4-3-5-7-16)23-14-17-8-10-21-19(12-17)26-18-9-11-25-15-18/h3-8,10,12,18H,9,11,13-15H2,1-2H3,(H,22,23). The van der Waals surface area contributed by atoms with Crippen molar-refractivity contribution in [3.63, 3.8) is 0 Å². The molecule has 26 heavy (non-hydrogen) atoms. The molecule has 1 unspecified atom stereocenters. The van der Waals surface area contributed by atoms with Crippen molar-refractivity contribution in [2.45, 2.75) is 25.6 Å². The van der Waals surface area contributed by atoms with E-state index in [1.165, 1.54) is 5.56 Å². The van der Waals surface area contributed by atoms with Crippen LogP contribution in [0.5, 0.6) is 5.88 Å². The van der Waals surface area contributed by atoms with Crippen LogP contribution in [0.3, 0.4) is 0 Å². The summed E-state index contributed by atoms with van der Waals surface area (Å²) in [7, 11) is 3.97. The molecule has 138 valence electrons. The van der Waals surface area contributed by atoms with E-state index in [9.17, 15) is 0 Å². The Bertz CT molecular complexity index is 713. The summed E-state index contributed by atoms with van der Waals surface area (Å²) >= 11 is 0. The molecule has 0 bridgehead atoms. The molecule has 3 rings (SSSR count). The van der Waals surface area contributed by atoms with Gasteiger partial charge in [-0.3, -0.25) is 0 Å². The molecule has 1 N–H and O–H groups in total. The van der Waals surface area contributed by atoms with Crippen LogP contribution in [0.2, 0.25) is 0 Å². The number of hydrogen-bond donors (Lipinski definition) is 1. The summed E-state index contributed by atoms with van der Waals surface area (Å²) in [6.07, 6.45) is 2.78. The molecule has 2 heterocycles. The summed E-state index contributed by atoms with van der Waals surface area (Å²) < 4.78 is 11.2.